The lowest BCUT2D eigenvalue weighted by atomic mass is 10.0. The van der Waals surface area contributed by atoms with Crippen LogP contribution in [-0.4, -0.2) is 14.3 Å². The molecule has 0 fully saturated rings. The molecule has 1 atom stereocenters. The normalized spacial score (nSPS) is 17.1. The monoisotopic (exact) mass is 294 g/mol. The molecule has 0 aromatic heterocycles. The third kappa shape index (κ3) is 3.46. The Bertz CT molecular complexity index is 612. The summed E-state index contributed by atoms with van der Waals surface area (Å²) in [4.78, 5) is 12.1. The third-order valence-corrected chi connectivity index (χ3v) is 4.38. The van der Waals surface area contributed by atoms with Crippen LogP contribution in [0.1, 0.15) is 31.4 Å². The van der Waals surface area contributed by atoms with Crippen molar-refractivity contribution in [3.8, 4) is 0 Å². The largest absolute Gasteiger partial charge is 0.349 e. The van der Waals surface area contributed by atoms with Gasteiger partial charge in [0.15, 0.2) is 0 Å². The molecule has 1 aliphatic carbocycles. The van der Waals surface area contributed by atoms with Gasteiger partial charge in [-0.25, -0.2) is 13.6 Å². The highest BCUT2D eigenvalue weighted by atomic mass is 32.2. The number of hydrogen-bond donors (Lipinski definition) is 2. The van der Waals surface area contributed by atoms with Crippen LogP contribution in [-0.2, 0) is 14.8 Å². The zero-order chi connectivity index (χ0) is 14.8. The number of allylic oxidation sites excluding steroid dienone is 2. The minimum Gasteiger partial charge on any atom is -0.349 e. The highest BCUT2D eigenvalue weighted by Gasteiger charge is 2.21. The van der Waals surface area contributed by atoms with Gasteiger partial charge in [-0.3, -0.25) is 4.79 Å². The number of carbonyl (C=O) groups is 1. The molecule has 6 heteroatoms. The van der Waals surface area contributed by atoms with Gasteiger partial charge in [-0.1, -0.05) is 24.3 Å². The maximum absolute atomic E-state index is 12.0. The summed E-state index contributed by atoms with van der Waals surface area (Å²) < 4.78 is 22.3. The SMILES string of the molecule is CC(NC(=O)C1CC=CC1)c1ccc(S(N)(=O)=O)cc1. The van der Waals surface area contributed by atoms with Crippen LogP contribution in [0.5, 0.6) is 0 Å². The van der Waals surface area contributed by atoms with E-state index in [2.05, 4.69) is 5.32 Å². The molecule has 5 nitrogen and oxygen atoms in total. The zero-order valence-corrected chi connectivity index (χ0v) is 12.1. The van der Waals surface area contributed by atoms with Crippen molar-refractivity contribution in [2.45, 2.75) is 30.7 Å². The van der Waals surface area contributed by atoms with Gasteiger partial charge in [-0.05, 0) is 37.5 Å². The van der Waals surface area contributed by atoms with Gasteiger partial charge in [0.1, 0.15) is 0 Å². The quantitative estimate of drug-likeness (QED) is 0.824. The molecule has 3 N–H and O–H groups in total. The molecule has 0 bridgehead atoms. The Balaban J connectivity index is 2.02. The topological polar surface area (TPSA) is 89.3 Å². The van der Waals surface area contributed by atoms with Gasteiger partial charge in [0, 0.05) is 5.92 Å². The Labute approximate surface area is 118 Å². The van der Waals surface area contributed by atoms with Gasteiger partial charge in [0.2, 0.25) is 15.9 Å². The molecule has 0 saturated carbocycles. The Morgan fingerprint density at radius 1 is 1.25 bits per heavy atom. The van der Waals surface area contributed by atoms with Crippen molar-refractivity contribution < 1.29 is 13.2 Å². The Kier molecular flexibility index (Phi) is 4.25. The first kappa shape index (κ1) is 14.7. The minimum absolute atomic E-state index is 0.0149. The van der Waals surface area contributed by atoms with Crippen molar-refractivity contribution in [1.82, 2.24) is 5.32 Å². The summed E-state index contributed by atoms with van der Waals surface area (Å²) >= 11 is 0. The average molecular weight is 294 g/mol. The summed E-state index contributed by atoms with van der Waals surface area (Å²) in [6.07, 6.45) is 5.58. The third-order valence-electron chi connectivity index (χ3n) is 3.45. The van der Waals surface area contributed by atoms with E-state index in [1.54, 1.807) is 12.1 Å². The van der Waals surface area contributed by atoms with Crippen LogP contribution in [0.2, 0.25) is 0 Å². The molecule has 0 spiro atoms. The number of amides is 1. The van der Waals surface area contributed by atoms with Crippen molar-refractivity contribution in [2.24, 2.45) is 11.1 Å². The van der Waals surface area contributed by atoms with Gasteiger partial charge in [-0.2, -0.15) is 0 Å². The number of carbonyl (C=O) groups excluding carboxylic acids is 1. The second-order valence-corrected chi connectivity index (χ2v) is 6.55. The van der Waals surface area contributed by atoms with E-state index in [1.807, 2.05) is 19.1 Å². The number of primary sulfonamides is 1. The van der Waals surface area contributed by atoms with Crippen molar-refractivity contribution in [1.29, 1.82) is 0 Å². The van der Waals surface area contributed by atoms with Gasteiger partial charge >= 0.3 is 0 Å². The van der Waals surface area contributed by atoms with Crippen LogP contribution < -0.4 is 10.5 Å². The number of hydrogen-bond acceptors (Lipinski definition) is 3. The average Bonchev–Trinajstić information content (AvgIpc) is 2.91. The van der Waals surface area contributed by atoms with Gasteiger partial charge in [-0.15, -0.1) is 0 Å². The van der Waals surface area contributed by atoms with E-state index in [1.165, 1.54) is 12.1 Å². The smallest absolute Gasteiger partial charge is 0.238 e. The van der Waals surface area contributed by atoms with Crippen LogP contribution in [0.3, 0.4) is 0 Å². The van der Waals surface area contributed by atoms with Crippen LogP contribution in [0, 0.1) is 5.92 Å². The summed E-state index contributed by atoms with van der Waals surface area (Å²) in [5.74, 6) is 0.0409. The molecule has 2 rings (SSSR count). The van der Waals surface area contributed by atoms with E-state index >= 15 is 0 Å². The molecule has 1 aromatic carbocycles. The Hall–Kier alpha value is -1.66. The van der Waals surface area contributed by atoms with Crippen molar-refractivity contribution in [2.75, 3.05) is 0 Å². The van der Waals surface area contributed by atoms with Crippen molar-refractivity contribution in [3.63, 3.8) is 0 Å². The van der Waals surface area contributed by atoms with Crippen molar-refractivity contribution in [3.05, 3.63) is 42.0 Å². The van der Waals surface area contributed by atoms with E-state index in [9.17, 15) is 13.2 Å². The van der Waals surface area contributed by atoms with Crippen LogP contribution in [0.15, 0.2) is 41.3 Å². The van der Waals surface area contributed by atoms with Gasteiger partial charge in [0.05, 0.1) is 10.9 Å². The summed E-state index contributed by atoms with van der Waals surface area (Å²) in [6.45, 7) is 1.87. The first-order valence-electron chi connectivity index (χ1n) is 6.46. The highest BCUT2D eigenvalue weighted by molar-refractivity contribution is 7.89. The number of benzene rings is 1. The molecule has 1 aliphatic rings. The van der Waals surface area contributed by atoms with Crippen LogP contribution >= 0.6 is 0 Å². The summed E-state index contributed by atoms with van der Waals surface area (Å²) in [7, 11) is -3.68. The van der Waals surface area contributed by atoms with E-state index < -0.39 is 10.0 Å². The zero-order valence-electron chi connectivity index (χ0n) is 11.2. The molecule has 0 heterocycles. The van der Waals surface area contributed by atoms with E-state index in [0.29, 0.717) is 0 Å². The van der Waals surface area contributed by atoms with E-state index in [0.717, 1.165) is 18.4 Å². The summed E-state index contributed by atoms with van der Waals surface area (Å²) in [5, 5.41) is 7.98. The molecule has 0 radical (unpaired) electrons. The molecule has 108 valence electrons. The van der Waals surface area contributed by atoms with Crippen LogP contribution in [0.4, 0.5) is 0 Å². The minimum atomic E-state index is -3.68. The lowest BCUT2D eigenvalue weighted by molar-refractivity contribution is -0.125. The predicted molar refractivity (Wildman–Crippen MR) is 76.2 cm³/mol. The molecular formula is C14H18N2O3S. The summed E-state index contributed by atoms with van der Waals surface area (Å²) in [5.41, 5.74) is 0.844. The molecule has 1 unspecified atom stereocenters. The van der Waals surface area contributed by atoms with Crippen LogP contribution in [0.25, 0.3) is 0 Å². The predicted octanol–water partition coefficient (Wildman–Crippen LogP) is 1.48. The lowest BCUT2D eigenvalue weighted by Gasteiger charge is -2.17. The molecular weight excluding hydrogens is 276 g/mol. The first-order chi connectivity index (χ1) is 9.38. The van der Waals surface area contributed by atoms with Gasteiger partial charge in [0.25, 0.3) is 0 Å². The fourth-order valence-corrected chi connectivity index (χ4v) is 2.71. The molecule has 1 amide bonds. The maximum Gasteiger partial charge on any atom is 0.238 e. The fraction of sp³-hybridized carbons (Fsp3) is 0.357. The Morgan fingerprint density at radius 2 is 1.80 bits per heavy atom. The fourth-order valence-electron chi connectivity index (χ4n) is 2.19. The van der Waals surface area contributed by atoms with E-state index in [-0.39, 0.29) is 22.8 Å². The second kappa shape index (κ2) is 5.76. The number of sulfonamides is 1. The number of nitrogens with two attached hydrogens (primary N) is 1. The number of rotatable bonds is 4. The number of nitrogens with one attached hydrogen (secondary N) is 1. The Morgan fingerprint density at radius 3 is 2.30 bits per heavy atom. The summed E-state index contributed by atoms with van der Waals surface area (Å²) in [6, 6.07) is 6.06. The second-order valence-electron chi connectivity index (χ2n) is 4.98. The molecule has 0 saturated heterocycles. The molecule has 20 heavy (non-hydrogen) atoms. The van der Waals surface area contributed by atoms with Gasteiger partial charge < -0.3 is 5.32 Å². The standard InChI is InChI=1S/C14H18N2O3S/c1-10(16-14(17)12-4-2-3-5-12)11-6-8-13(9-7-11)20(15,18)19/h2-3,6-10,12H,4-5H2,1H3,(H,16,17)(H2,15,18,19). The molecule has 0 aliphatic heterocycles. The van der Waals surface area contributed by atoms with Crippen molar-refractivity contribution >= 4 is 15.9 Å². The maximum atomic E-state index is 12.0. The molecule has 1 aromatic rings. The first-order valence-corrected chi connectivity index (χ1v) is 8.00. The lowest BCUT2D eigenvalue weighted by Crippen LogP contribution is -2.31. The van der Waals surface area contributed by atoms with E-state index in [4.69, 9.17) is 5.14 Å². The highest BCUT2D eigenvalue weighted by Crippen LogP contribution is 2.20.